The van der Waals surface area contributed by atoms with E-state index in [4.69, 9.17) is 5.14 Å². The lowest BCUT2D eigenvalue weighted by molar-refractivity contribution is -0.384. The number of carbonyl (C=O) groups excluding carboxylic acids is 1. The number of carbonyl (C=O) groups is 1. The zero-order chi connectivity index (χ0) is 25.8. The fraction of sp³-hybridized carbons (Fsp3) is 0.435. The summed E-state index contributed by atoms with van der Waals surface area (Å²) in [5.74, 6) is 0.429. The molecule has 12 heteroatoms. The summed E-state index contributed by atoms with van der Waals surface area (Å²) in [5, 5.41) is 20.0. The van der Waals surface area contributed by atoms with E-state index in [0.29, 0.717) is 18.6 Å². The standard InChI is InChI=1S/C23H32N4O6S2/c1-26(14-7-6-10-23(28)33-2)15-13-18(17-34-19-8-4-3-5-9-19)25-21-12-11-20(35(24,31)32)16-22(21)27(29)30/h3-5,8-9,11-12,16,18,25H,6-7,10,13-15,17H2,1-2H3,(H2,24,31,32). The number of unbranched alkanes of at least 4 members (excludes halogenated alkanes) is 1. The Labute approximate surface area is 210 Å². The molecule has 0 radical (unpaired) electrons. The molecular weight excluding hydrogens is 492 g/mol. The Bertz CT molecular complexity index is 1080. The number of anilines is 1. The summed E-state index contributed by atoms with van der Waals surface area (Å²) < 4.78 is 27.9. The number of ether oxygens (including phenoxy) is 1. The molecule has 10 nitrogen and oxygen atoms in total. The van der Waals surface area contributed by atoms with Crippen LogP contribution < -0.4 is 10.5 Å². The van der Waals surface area contributed by atoms with Crippen molar-refractivity contribution in [2.75, 3.05) is 38.3 Å². The van der Waals surface area contributed by atoms with Crippen LogP contribution in [-0.2, 0) is 19.6 Å². The molecule has 3 N–H and O–H groups in total. The molecule has 0 spiro atoms. The van der Waals surface area contributed by atoms with Crippen LogP contribution in [0.3, 0.4) is 0 Å². The van der Waals surface area contributed by atoms with Crippen LogP contribution in [0.5, 0.6) is 0 Å². The quantitative estimate of drug-likeness (QED) is 0.118. The number of benzene rings is 2. The topological polar surface area (TPSA) is 145 Å². The molecule has 2 aromatic rings. The van der Waals surface area contributed by atoms with Crippen molar-refractivity contribution < 1.29 is 22.9 Å². The average molecular weight is 525 g/mol. The number of nitro benzene ring substituents is 1. The van der Waals surface area contributed by atoms with E-state index in [1.165, 1.54) is 19.2 Å². The van der Waals surface area contributed by atoms with E-state index in [0.717, 1.165) is 36.9 Å². The second-order valence-corrected chi connectivity index (χ2v) is 10.7. The van der Waals surface area contributed by atoms with Crippen molar-refractivity contribution in [2.24, 2.45) is 5.14 Å². The molecule has 35 heavy (non-hydrogen) atoms. The molecule has 0 aromatic heterocycles. The lowest BCUT2D eigenvalue weighted by atomic mass is 10.2. The van der Waals surface area contributed by atoms with E-state index in [1.54, 1.807) is 11.8 Å². The zero-order valence-electron chi connectivity index (χ0n) is 19.9. The Morgan fingerprint density at radius 1 is 1.20 bits per heavy atom. The van der Waals surface area contributed by atoms with E-state index in [9.17, 15) is 23.3 Å². The number of nitrogens with zero attached hydrogens (tertiary/aromatic N) is 2. The van der Waals surface area contributed by atoms with E-state index < -0.39 is 14.9 Å². The van der Waals surface area contributed by atoms with Crippen LogP contribution >= 0.6 is 11.8 Å². The fourth-order valence-electron chi connectivity index (χ4n) is 3.33. The largest absolute Gasteiger partial charge is 0.469 e. The number of primary sulfonamides is 1. The fourth-order valence-corrected chi connectivity index (χ4v) is 4.86. The van der Waals surface area contributed by atoms with E-state index in [1.807, 2.05) is 37.4 Å². The van der Waals surface area contributed by atoms with Gasteiger partial charge >= 0.3 is 5.97 Å². The first-order valence-corrected chi connectivity index (χ1v) is 13.6. The maximum atomic E-state index is 11.6. The molecule has 192 valence electrons. The van der Waals surface area contributed by atoms with Crippen LogP contribution in [0.15, 0.2) is 58.3 Å². The number of hydrogen-bond acceptors (Lipinski definition) is 9. The number of sulfonamides is 1. The third-order valence-corrected chi connectivity index (χ3v) is 7.39. The molecular formula is C23H32N4O6S2. The molecule has 0 saturated heterocycles. The minimum Gasteiger partial charge on any atom is -0.469 e. The lowest BCUT2D eigenvalue weighted by Crippen LogP contribution is -2.30. The van der Waals surface area contributed by atoms with Crippen LogP contribution in [-0.4, -0.2) is 63.3 Å². The number of methoxy groups -OCH3 is 1. The van der Waals surface area contributed by atoms with E-state index in [2.05, 4.69) is 15.0 Å². The van der Waals surface area contributed by atoms with Crippen LogP contribution in [0.25, 0.3) is 0 Å². The van der Waals surface area contributed by atoms with Gasteiger partial charge in [-0.25, -0.2) is 13.6 Å². The van der Waals surface area contributed by atoms with Gasteiger partial charge in [0.25, 0.3) is 5.69 Å². The SMILES string of the molecule is COC(=O)CCCCN(C)CCC(CSc1ccccc1)Nc1ccc(S(N)(=O)=O)cc1[N+](=O)[O-]. The van der Waals surface area contributed by atoms with Crippen molar-refractivity contribution in [1.29, 1.82) is 0 Å². The Hall–Kier alpha value is -2.67. The van der Waals surface area contributed by atoms with Gasteiger partial charge in [0.15, 0.2) is 0 Å². The first-order valence-electron chi connectivity index (χ1n) is 11.1. The highest BCUT2D eigenvalue weighted by atomic mass is 32.2. The highest BCUT2D eigenvalue weighted by molar-refractivity contribution is 7.99. The number of nitrogens with one attached hydrogen (secondary N) is 1. The minimum absolute atomic E-state index is 0.128. The van der Waals surface area contributed by atoms with Gasteiger partial charge in [-0.15, -0.1) is 11.8 Å². The summed E-state index contributed by atoms with van der Waals surface area (Å²) in [4.78, 5) is 25.2. The predicted molar refractivity (Wildman–Crippen MR) is 137 cm³/mol. The lowest BCUT2D eigenvalue weighted by Gasteiger charge is -2.23. The molecule has 0 bridgehead atoms. The Balaban J connectivity index is 2.08. The number of nitro groups is 1. The molecule has 2 rings (SSSR count). The smallest absolute Gasteiger partial charge is 0.305 e. The first-order chi connectivity index (χ1) is 16.6. The molecule has 0 aliphatic rings. The van der Waals surface area contributed by atoms with Crippen LogP contribution in [0.2, 0.25) is 0 Å². The highest BCUT2D eigenvalue weighted by Crippen LogP contribution is 2.29. The van der Waals surface area contributed by atoms with Crippen molar-refractivity contribution >= 4 is 39.1 Å². The molecule has 0 heterocycles. The summed E-state index contributed by atoms with van der Waals surface area (Å²) in [7, 11) is -0.696. The van der Waals surface area contributed by atoms with E-state index >= 15 is 0 Å². The van der Waals surface area contributed by atoms with Crippen molar-refractivity contribution in [1.82, 2.24) is 4.90 Å². The van der Waals surface area contributed by atoms with Gasteiger partial charge in [-0.3, -0.25) is 14.9 Å². The first kappa shape index (κ1) is 28.6. The Kier molecular flexibility index (Phi) is 11.4. The van der Waals surface area contributed by atoms with Crippen molar-refractivity contribution in [2.45, 2.75) is 41.5 Å². The van der Waals surface area contributed by atoms with Gasteiger partial charge in [-0.1, -0.05) is 18.2 Å². The second-order valence-electron chi connectivity index (χ2n) is 8.07. The average Bonchev–Trinajstić information content (AvgIpc) is 2.83. The van der Waals surface area contributed by atoms with Gasteiger partial charge in [0.05, 0.1) is 16.9 Å². The monoisotopic (exact) mass is 524 g/mol. The van der Waals surface area contributed by atoms with Gasteiger partial charge in [0.1, 0.15) is 5.69 Å². The van der Waals surface area contributed by atoms with E-state index in [-0.39, 0.29) is 28.3 Å². The third kappa shape index (κ3) is 10.2. The maximum absolute atomic E-state index is 11.6. The van der Waals surface area contributed by atoms with Crippen LogP contribution in [0, 0.1) is 10.1 Å². The normalized spacial score (nSPS) is 12.3. The molecule has 0 fully saturated rings. The van der Waals surface area contributed by atoms with Crippen LogP contribution in [0.4, 0.5) is 11.4 Å². The predicted octanol–water partition coefficient (Wildman–Crippen LogP) is 3.48. The number of nitrogens with two attached hydrogens (primary N) is 1. The van der Waals surface area contributed by atoms with Gasteiger partial charge in [0.2, 0.25) is 10.0 Å². The van der Waals surface area contributed by atoms with Gasteiger partial charge in [-0.05, 0) is 63.7 Å². The minimum atomic E-state index is -4.06. The summed E-state index contributed by atoms with van der Waals surface area (Å²) in [6.07, 6.45) is 2.68. The van der Waals surface area contributed by atoms with Crippen molar-refractivity contribution in [3.05, 3.63) is 58.6 Å². The molecule has 0 amide bonds. The molecule has 1 atom stereocenters. The summed E-state index contributed by atoms with van der Waals surface area (Å²) in [5.41, 5.74) is -0.107. The number of thioether (sulfide) groups is 1. The number of esters is 1. The molecule has 0 saturated carbocycles. The Morgan fingerprint density at radius 3 is 2.54 bits per heavy atom. The van der Waals surface area contributed by atoms with Gasteiger partial charge in [0, 0.05) is 29.2 Å². The summed E-state index contributed by atoms with van der Waals surface area (Å²) in [6, 6.07) is 13.3. The molecule has 1 unspecified atom stereocenters. The van der Waals surface area contributed by atoms with Crippen molar-refractivity contribution in [3.63, 3.8) is 0 Å². The van der Waals surface area contributed by atoms with Crippen LogP contribution in [0.1, 0.15) is 25.7 Å². The van der Waals surface area contributed by atoms with Gasteiger partial charge < -0.3 is 15.0 Å². The zero-order valence-corrected chi connectivity index (χ0v) is 21.5. The number of hydrogen-bond donors (Lipinski definition) is 2. The number of rotatable bonds is 15. The second kappa shape index (κ2) is 14.0. The molecule has 0 aliphatic heterocycles. The molecule has 2 aromatic carbocycles. The van der Waals surface area contributed by atoms with Gasteiger partial charge in [-0.2, -0.15) is 0 Å². The Morgan fingerprint density at radius 2 is 1.91 bits per heavy atom. The summed E-state index contributed by atoms with van der Waals surface area (Å²) >= 11 is 1.63. The maximum Gasteiger partial charge on any atom is 0.305 e. The molecule has 0 aliphatic carbocycles. The van der Waals surface area contributed by atoms with Crippen molar-refractivity contribution in [3.8, 4) is 0 Å². The highest BCUT2D eigenvalue weighted by Gasteiger charge is 2.21. The third-order valence-electron chi connectivity index (χ3n) is 5.31. The summed E-state index contributed by atoms with van der Waals surface area (Å²) in [6.45, 7) is 1.53.